The fraction of sp³-hybridized carbons (Fsp3) is 0.810. The van der Waals surface area contributed by atoms with Gasteiger partial charge in [0.2, 0.25) is 17.7 Å². The summed E-state index contributed by atoms with van der Waals surface area (Å²) in [6, 6.07) is -2.64. The Labute approximate surface area is 184 Å². The number of amides is 3. The van der Waals surface area contributed by atoms with Crippen LogP contribution in [0.15, 0.2) is 5.18 Å². The molecule has 3 amide bonds. The van der Waals surface area contributed by atoms with Crippen molar-refractivity contribution in [3.63, 3.8) is 0 Å². The highest BCUT2D eigenvalue weighted by molar-refractivity contribution is 5.91. The van der Waals surface area contributed by atoms with Gasteiger partial charge in [-0.1, -0.05) is 57.0 Å². The van der Waals surface area contributed by atoms with Crippen LogP contribution >= 0.6 is 0 Å². The number of nitrogens with one attached hydrogen (secondary N) is 2. The molecule has 2 atom stereocenters. The molecule has 0 unspecified atom stereocenters. The average Bonchev–Trinajstić information content (AvgIpc) is 2.72. The van der Waals surface area contributed by atoms with Gasteiger partial charge in [0.05, 0.1) is 6.42 Å². The molecule has 0 radical (unpaired) electrons. The number of nitroso groups, excluding NO2 is 1. The molecule has 0 heterocycles. The molecule has 0 aliphatic heterocycles. The normalized spacial score (nSPS) is 12.5. The molecule has 5 N–H and O–H groups in total. The molecule has 0 saturated carbocycles. The Kier molecular flexibility index (Phi) is 16.8. The van der Waals surface area contributed by atoms with Gasteiger partial charge in [-0.15, -0.1) is 4.91 Å². The molecule has 0 rings (SSSR count). The van der Waals surface area contributed by atoms with Crippen molar-refractivity contribution in [2.75, 3.05) is 6.54 Å². The van der Waals surface area contributed by atoms with Gasteiger partial charge in [0.1, 0.15) is 6.04 Å². The number of hydrogen-bond acceptors (Lipinski definition) is 6. The molecule has 10 nitrogen and oxygen atoms in total. The Bertz CT molecular complexity index is 570. The van der Waals surface area contributed by atoms with Crippen molar-refractivity contribution in [3.05, 3.63) is 4.91 Å². The zero-order valence-electron chi connectivity index (χ0n) is 18.6. The van der Waals surface area contributed by atoms with E-state index in [0.29, 0.717) is 25.8 Å². The third-order valence-corrected chi connectivity index (χ3v) is 4.96. The van der Waals surface area contributed by atoms with E-state index in [0.717, 1.165) is 19.3 Å². The van der Waals surface area contributed by atoms with Crippen LogP contribution in [-0.2, 0) is 19.2 Å². The number of unbranched alkanes of at least 4 members (excludes halogenated alkanes) is 8. The Hall–Kier alpha value is -2.52. The highest BCUT2D eigenvalue weighted by Gasteiger charge is 2.26. The summed E-state index contributed by atoms with van der Waals surface area (Å²) in [4.78, 5) is 56.5. The highest BCUT2D eigenvalue weighted by Crippen LogP contribution is 2.09. The molecule has 0 spiro atoms. The quantitative estimate of drug-likeness (QED) is 0.167. The molecule has 31 heavy (non-hydrogen) atoms. The van der Waals surface area contributed by atoms with Gasteiger partial charge in [-0.2, -0.15) is 0 Å². The first-order valence-corrected chi connectivity index (χ1v) is 11.2. The van der Waals surface area contributed by atoms with Gasteiger partial charge < -0.3 is 21.5 Å². The van der Waals surface area contributed by atoms with Crippen LogP contribution in [0, 0.1) is 4.91 Å². The number of carbonyl (C=O) groups is 4. The van der Waals surface area contributed by atoms with E-state index in [2.05, 4.69) is 22.7 Å². The summed E-state index contributed by atoms with van der Waals surface area (Å²) in [6.07, 6.45) is 10.4. The van der Waals surface area contributed by atoms with Crippen LogP contribution in [0.4, 0.5) is 0 Å². The zero-order valence-corrected chi connectivity index (χ0v) is 18.6. The summed E-state index contributed by atoms with van der Waals surface area (Å²) in [6.45, 7) is 2.65. The second-order valence-corrected chi connectivity index (χ2v) is 7.75. The maximum Gasteiger partial charge on any atom is 0.306 e. The summed E-state index contributed by atoms with van der Waals surface area (Å²) >= 11 is 0. The standard InChI is InChI=1S/C21H38N4O6/c1-2-3-4-5-6-7-8-9-13-18(26)23-14-11-10-12-16(20(22)29)24-21(30)17(25-31)15-19(27)28/h16-17H,2-15H2,1H3,(H2,22,29)(H,23,26)(H,24,30)(H,27,28)/t16-,17-/m0/s1. The number of carboxylic acids is 1. The molecule has 0 aromatic carbocycles. The Morgan fingerprint density at radius 3 is 2.10 bits per heavy atom. The van der Waals surface area contributed by atoms with Crippen molar-refractivity contribution in [1.29, 1.82) is 0 Å². The van der Waals surface area contributed by atoms with E-state index in [4.69, 9.17) is 10.8 Å². The highest BCUT2D eigenvalue weighted by atomic mass is 16.4. The van der Waals surface area contributed by atoms with Crippen molar-refractivity contribution in [1.82, 2.24) is 10.6 Å². The molecule has 178 valence electrons. The summed E-state index contributed by atoms with van der Waals surface area (Å²) in [5.74, 6) is -3.08. The van der Waals surface area contributed by atoms with Gasteiger partial charge >= 0.3 is 5.97 Å². The SMILES string of the molecule is CCCCCCCCCCC(=O)NCCCC[C@H](NC(=O)[C@H](CC(=O)O)N=O)C(N)=O. The van der Waals surface area contributed by atoms with Crippen LogP contribution in [0.5, 0.6) is 0 Å². The molecule has 0 fully saturated rings. The summed E-state index contributed by atoms with van der Waals surface area (Å²) in [5.41, 5.74) is 5.26. The van der Waals surface area contributed by atoms with Crippen molar-refractivity contribution in [2.24, 2.45) is 10.9 Å². The lowest BCUT2D eigenvalue weighted by molar-refractivity contribution is -0.139. The maximum absolute atomic E-state index is 11.9. The Morgan fingerprint density at radius 1 is 0.935 bits per heavy atom. The lowest BCUT2D eigenvalue weighted by atomic mass is 10.1. The Balaban J connectivity index is 3.94. The predicted molar refractivity (Wildman–Crippen MR) is 117 cm³/mol. The first kappa shape index (κ1) is 28.5. The van der Waals surface area contributed by atoms with Crippen LogP contribution in [0.1, 0.15) is 90.4 Å². The fourth-order valence-electron chi connectivity index (χ4n) is 3.11. The lowest BCUT2D eigenvalue weighted by Crippen LogP contribution is -2.48. The second-order valence-electron chi connectivity index (χ2n) is 7.75. The van der Waals surface area contributed by atoms with Crippen LogP contribution in [0.2, 0.25) is 0 Å². The predicted octanol–water partition coefficient (Wildman–Crippen LogP) is 2.38. The van der Waals surface area contributed by atoms with E-state index >= 15 is 0 Å². The molecule has 0 bridgehead atoms. The largest absolute Gasteiger partial charge is 0.481 e. The van der Waals surface area contributed by atoms with Crippen molar-refractivity contribution in [2.45, 2.75) is 102 Å². The second kappa shape index (κ2) is 18.3. The number of primary amides is 1. The third-order valence-electron chi connectivity index (χ3n) is 4.96. The number of carbonyl (C=O) groups excluding carboxylic acids is 3. The van der Waals surface area contributed by atoms with Crippen LogP contribution in [0.3, 0.4) is 0 Å². The molecule has 0 saturated heterocycles. The van der Waals surface area contributed by atoms with Gasteiger partial charge in [-0.25, -0.2) is 0 Å². The third kappa shape index (κ3) is 15.9. The summed E-state index contributed by atoms with van der Waals surface area (Å²) in [5, 5.41) is 16.2. The molecular formula is C21H38N4O6. The van der Waals surface area contributed by atoms with Crippen molar-refractivity contribution < 1.29 is 24.3 Å². The van der Waals surface area contributed by atoms with Crippen LogP contribution < -0.4 is 16.4 Å². The van der Waals surface area contributed by atoms with Gasteiger partial charge in [0.25, 0.3) is 0 Å². The minimum atomic E-state index is -1.62. The van der Waals surface area contributed by atoms with Gasteiger partial charge in [-0.3, -0.25) is 19.2 Å². The molecule has 0 aliphatic rings. The Morgan fingerprint density at radius 2 is 1.55 bits per heavy atom. The van der Waals surface area contributed by atoms with Gasteiger partial charge in [0.15, 0.2) is 6.04 Å². The van der Waals surface area contributed by atoms with E-state index in [9.17, 15) is 24.1 Å². The first-order valence-electron chi connectivity index (χ1n) is 11.2. The first-order chi connectivity index (χ1) is 14.8. The van der Waals surface area contributed by atoms with Gasteiger partial charge in [0, 0.05) is 13.0 Å². The van der Waals surface area contributed by atoms with E-state index in [1.54, 1.807) is 0 Å². The lowest BCUT2D eigenvalue weighted by Gasteiger charge is -2.17. The van der Waals surface area contributed by atoms with Crippen LogP contribution in [0.25, 0.3) is 0 Å². The molecule has 0 aromatic heterocycles. The zero-order chi connectivity index (χ0) is 23.5. The number of nitrogens with zero attached hydrogens (tertiary/aromatic N) is 1. The molecule has 0 aromatic rings. The van der Waals surface area contributed by atoms with Crippen molar-refractivity contribution in [3.8, 4) is 0 Å². The number of aliphatic carboxylic acids is 1. The van der Waals surface area contributed by atoms with E-state index in [-0.39, 0.29) is 12.3 Å². The monoisotopic (exact) mass is 442 g/mol. The fourth-order valence-corrected chi connectivity index (χ4v) is 3.11. The van der Waals surface area contributed by atoms with Crippen molar-refractivity contribution >= 4 is 23.7 Å². The molecule has 0 aliphatic carbocycles. The smallest absolute Gasteiger partial charge is 0.306 e. The van der Waals surface area contributed by atoms with E-state index in [1.165, 1.54) is 32.1 Å². The minimum absolute atomic E-state index is 0.000642. The van der Waals surface area contributed by atoms with Gasteiger partial charge in [-0.05, 0) is 25.7 Å². The molecule has 10 heteroatoms. The van der Waals surface area contributed by atoms with Crippen LogP contribution in [-0.4, -0.2) is 47.4 Å². The summed E-state index contributed by atoms with van der Waals surface area (Å²) in [7, 11) is 0. The number of hydrogen-bond donors (Lipinski definition) is 4. The summed E-state index contributed by atoms with van der Waals surface area (Å²) < 4.78 is 0. The average molecular weight is 443 g/mol. The topological polar surface area (TPSA) is 168 Å². The number of rotatable bonds is 20. The van der Waals surface area contributed by atoms with E-state index < -0.39 is 36.3 Å². The minimum Gasteiger partial charge on any atom is -0.481 e. The molecular weight excluding hydrogens is 404 g/mol. The number of carboxylic acid groups (broad SMARTS) is 1. The van der Waals surface area contributed by atoms with E-state index in [1.807, 2.05) is 0 Å². The maximum atomic E-state index is 11.9. The number of nitrogens with two attached hydrogens (primary N) is 1.